The Kier molecular flexibility index (Phi) is 7.85. The zero-order chi connectivity index (χ0) is 30.8. The molecule has 1 aliphatic heterocycles. The fraction of sp³-hybridized carbons (Fsp3) is 0.200. The standard InChI is InChI=1S/C35H30O9/c1-39-26-11-9-22(16-28(26)40-2)24-19-43-35-32-23(17-31(37)44-30(32)18-25(36)33(35)34(24)38)21-10-12-27(29(15-21)41-3)42-14-13-20-7-5-4-6-8-20/h4-12,15-16,18-19,23,36H,13-14,17H2,1-3H3/t23-/m1/s1. The molecule has 1 aliphatic rings. The first-order valence-electron chi connectivity index (χ1n) is 14.0. The highest BCUT2D eigenvalue weighted by Crippen LogP contribution is 2.47. The zero-order valence-corrected chi connectivity index (χ0v) is 24.4. The molecule has 6 rings (SSSR count). The van der Waals surface area contributed by atoms with Crippen LogP contribution in [-0.2, 0) is 11.2 Å². The number of ether oxygens (including phenoxy) is 5. The summed E-state index contributed by atoms with van der Waals surface area (Å²) in [4.78, 5) is 26.5. The van der Waals surface area contributed by atoms with E-state index < -0.39 is 17.3 Å². The van der Waals surface area contributed by atoms with Crippen molar-refractivity contribution < 1.29 is 38.0 Å². The summed E-state index contributed by atoms with van der Waals surface area (Å²) in [6.45, 7) is 0.454. The Morgan fingerprint density at radius 1 is 0.841 bits per heavy atom. The summed E-state index contributed by atoms with van der Waals surface area (Å²) in [5, 5.41) is 10.9. The molecule has 0 saturated carbocycles. The summed E-state index contributed by atoms with van der Waals surface area (Å²) >= 11 is 0. The summed E-state index contributed by atoms with van der Waals surface area (Å²) in [7, 11) is 4.57. The molecule has 9 nitrogen and oxygen atoms in total. The Morgan fingerprint density at radius 3 is 2.32 bits per heavy atom. The van der Waals surface area contributed by atoms with Gasteiger partial charge in [-0.2, -0.15) is 0 Å². The van der Waals surface area contributed by atoms with E-state index in [-0.39, 0.29) is 34.5 Å². The van der Waals surface area contributed by atoms with Gasteiger partial charge in [-0.05, 0) is 41.0 Å². The van der Waals surface area contributed by atoms with E-state index in [2.05, 4.69) is 0 Å². The van der Waals surface area contributed by atoms with Crippen LogP contribution in [0.3, 0.4) is 0 Å². The molecule has 9 heteroatoms. The summed E-state index contributed by atoms with van der Waals surface area (Å²) in [5.74, 6) is 0.746. The lowest BCUT2D eigenvalue weighted by Gasteiger charge is -2.26. The van der Waals surface area contributed by atoms with Crippen LogP contribution < -0.4 is 29.1 Å². The highest BCUT2D eigenvalue weighted by atomic mass is 16.5. The SMILES string of the molecule is COc1ccc(-c2coc3c4c(cc(O)c3c2=O)OC(=O)C[C@@H]4c2ccc(OCCc3ccccc3)c(OC)c2)cc1OC. The van der Waals surface area contributed by atoms with Gasteiger partial charge in [0.1, 0.15) is 28.7 Å². The van der Waals surface area contributed by atoms with E-state index >= 15 is 0 Å². The molecule has 0 unspecified atom stereocenters. The minimum absolute atomic E-state index is 0.00855. The number of benzene rings is 4. The number of aromatic hydroxyl groups is 1. The third-order valence-corrected chi connectivity index (χ3v) is 7.75. The molecule has 0 amide bonds. The van der Waals surface area contributed by atoms with Gasteiger partial charge in [0.25, 0.3) is 0 Å². The fourth-order valence-electron chi connectivity index (χ4n) is 5.56. The third kappa shape index (κ3) is 5.28. The van der Waals surface area contributed by atoms with Crippen molar-refractivity contribution >= 4 is 16.9 Å². The molecule has 1 N–H and O–H groups in total. The van der Waals surface area contributed by atoms with Gasteiger partial charge < -0.3 is 33.2 Å². The second-order valence-electron chi connectivity index (χ2n) is 10.3. The molecule has 1 atom stereocenters. The maximum absolute atomic E-state index is 13.8. The molecule has 44 heavy (non-hydrogen) atoms. The Labute approximate surface area is 253 Å². The van der Waals surface area contributed by atoms with E-state index in [9.17, 15) is 14.7 Å². The van der Waals surface area contributed by atoms with Crippen molar-refractivity contribution in [1.82, 2.24) is 0 Å². The number of carbonyl (C=O) groups excluding carboxylic acids is 1. The molecule has 0 radical (unpaired) electrons. The topological polar surface area (TPSA) is 114 Å². The van der Waals surface area contributed by atoms with Gasteiger partial charge in [-0.25, -0.2) is 0 Å². The summed E-state index contributed by atoms with van der Waals surface area (Å²) in [5.41, 5.74) is 2.79. The van der Waals surface area contributed by atoms with Crippen molar-refractivity contribution in [2.75, 3.05) is 27.9 Å². The largest absolute Gasteiger partial charge is 0.507 e. The van der Waals surface area contributed by atoms with Crippen molar-refractivity contribution in [3.8, 4) is 45.6 Å². The van der Waals surface area contributed by atoms with Crippen LogP contribution >= 0.6 is 0 Å². The first-order chi connectivity index (χ1) is 21.4. The number of phenolic OH excluding ortho intramolecular Hbond substituents is 1. The molecule has 0 fully saturated rings. The van der Waals surface area contributed by atoms with E-state index in [1.54, 1.807) is 37.4 Å². The number of hydrogen-bond donors (Lipinski definition) is 1. The molecule has 0 aliphatic carbocycles. The lowest BCUT2D eigenvalue weighted by Crippen LogP contribution is -2.22. The molecule has 0 bridgehead atoms. The van der Waals surface area contributed by atoms with Crippen LogP contribution in [-0.4, -0.2) is 39.0 Å². The van der Waals surface area contributed by atoms with Gasteiger partial charge in [0.15, 0.2) is 23.0 Å². The summed E-state index contributed by atoms with van der Waals surface area (Å²) in [6, 6.07) is 21.8. The first kappa shape index (κ1) is 28.7. The lowest BCUT2D eigenvalue weighted by atomic mass is 9.84. The van der Waals surface area contributed by atoms with Gasteiger partial charge in [0.2, 0.25) is 5.43 Å². The van der Waals surface area contributed by atoms with Gasteiger partial charge in [0, 0.05) is 24.0 Å². The molecule has 4 aromatic carbocycles. The molecule has 224 valence electrons. The molecular weight excluding hydrogens is 564 g/mol. The second kappa shape index (κ2) is 12.0. The third-order valence-electron chi connectivity index (χ3n) is 7.75. The van der Waals surface area contributed by atoms with E-state index in [1.807, 2.05) is 36.4 Å². The molecule has 2 heterocycles. The average Bonchev–Trinajstić information content (AvgIpc) is 3.04. The van der Waals surface area contributed by atoms with E-state index in [0.29, 0.717) is 40.7 Å². The van der Waals surface area contributed by atoms with E-state index in [0.717, 1.165) is 17.5 Å². The fourth-order valence-corrected chi connectivity index (χ4v) is 5.56. The first-order valence-corrected chi connectivity index (χ1v) is 14.0. The Bertz CT molecular complexity index is 1910. The van der Waals surface area contributed by atoms with Crippen LogP contribution in [0.4, 0.5) is 0 Å². The molecule has 0 saturated heterocycles. The predicted octanol–water partition coefficient (Wildman–Crippen LogP) is 6.25. The van der Waals surface area contributed by atoms with Crippen LogP contribution in [0.2, 0.25) is 0 Å². The minimum atomic E-state index is -0.545. The monoisotopic (exact) mass is 594 g/mol. The van der Waals surface area contributed by atoms with Gasteiger partial charge in [0.05, 0.1) is 39.9 Å². The van der Waals surface area contributed by atoms with Gasteiger partial charge >= 0.3 is 5.97 Å². The van der Waals surface area contributed by atoms with Crippen LogP contribution in [0.25, 0.3) is 22.1 Å². The van der Waals surface area contributed by atoms with E-state index in [1.165, 1.54) is 26.5 Å². The Balaban J connectivity index is 1.39. The number of phenols is 1. The summed E-state index contributed by atoms with van der Waals surface area (Å²) in [6.07, 6.45) is 2.06. The predicted molar refractivity (Wildman–Crippen MR) is 163 cm³/mol. The average molecular weight is 595 g/mol. The number of rotatable bonds is 9. The molecular formula is C35H30O9. The van der Waals surface area contributed by atoms with Crippen molar-refractivity contribution in [2.24, 2.45) is 0 Å². The Morgan fingerprint density at radius 2 is 1.57 bits per heavy atom. The highest BCUT2D eigenvalue weighted by Gasteiger charge is 2.34. The molecule has 5 aromatic rings. The van der Waals surface area contributed by atoms with Crippen LogP contribution in [0.1, 0.15) is 29.0 Å². The number of carbonyl (C=O) groups is 1. The number of esters is 1. The van der Waals surface area contributed by atoms with Gasteiger partial charge in [-0.15, -0.1) is 0 Å². The van der Waals surface area contributed by atoms with Gasteiger partial charge in [-0.1, -0.05) is 42.5 Å². The van der Waals surface area contributed by atoms with Gasteiger partial charge in [-0.3, -0.25) is 9.59 Å². The molecule has 0 spiro atoms. The van der Waals surface area contributed by atoms with Crippen molar-refractivity contribution in [2.45, 2.75) is 18.8 Å². The number of methoxy groups -OCH3 is 3. The van der Waals surface area contributed by atoms with Crippen molar-refractivity contribution in [1.29, 1.82) is 0 Å². The van der Waals surface area contributed by atoms with Crippen molar-refractivity contribution in [3.63, 3.8) is 0 Å². The Hall–Kier alpha value is -5.44. The maximum Gasteiger partial charge on any atom is 0.312 e. The van der Waals surface area contributed by atoms with Crippen LogP contribution in [0.5, 0.6) is 34.5 Å². The smallest absolute Gasteiger partial charge is 0.312 e. The summed E-state index contributed by atoms with van der Waals surface area (Å²) < 4.78 is 34.0. The van der Waals surface area contributed by atoms with Crippen LogP contribution in [0, 0.1) is 0 Å². The van der Waals surface area contributed by atoms with E-state index in [4.69, 9.17) is 28.1 Å². The zero-order valence-electron chi connectivity index (χ0n) is 24.4. The highest BCUT2D eigenvalue weighted by molar-refractivity contribution is 5.94. The maximum atomic E-state index is 13.8. The van der Waals surface area contributed by atoms with Crippen molar-refractivity contribution in [3.05, 3.63) is 106 Å². The molecule has 1 aromatic heterocycles. The normalized spacial score (nSPS) is 14.1. The lowest BCUT2D eigenvalue weighted by molar-refractivity contribution is -0.135. The second-order valence-corrected chi connectivity index (χ2v) is 10.3. The minimum Gasteiger partial charge on any atom is -0.507 e. The quantitative estimate of drug-likeness (QED) is 0.156. The number of hydrogen-bond acceptors (Lipinski definition) is 9. The van der Waals surface area contributed by atoms with Crippen LogP contribution in [0.15, 0.2) is 88.3 Å². The number of fused-ring (bicyclic) bond motifs is 3.